The highest BCUT2D eigenvalue weighted by atomic mass is 19.1. The third-order valence-electron chi connectivity index (χ3n) is 5.44. The molecule has 158 valence electrons. The number of benzene rings is 2. The molecule has 0 radical (unpaired) electrons. The molecule has 0 bridgehead atoms. The van der Waals surface area contributed by atoms with Crippen LogP contribution in [0.15, 0.2) is 47.5 Å². The normalized spacial score (nSPS) is 18.2. The highest BCUT2D eigenvalue weighted by molar-refractivity contribution is 5.96. The van der Waals surface area contributed by atoms with E-state index in [1.54, 1.807) is 0 Å². The summed E-state index contributed by atoms with van der Waals surface area (Å²) in [5.41, 5.74) is 9.09. The maximum atomic E-state index is 14.2. The molecule has 3 heterocycles. The summed E-state index contributed by atoms with van der Waals surface area (Å²) < 4.78 is 14.2. The summed E-state index contributed by atoms with van der Waals surface area (Å²) in [6.45, 7) is 0.828. The van der Waals surface area contributed by atoms with Crippen LogP contribution in [0.4, 0.5) is 10.1 Å². The number of nitrogens with one attached hydrogen (secondary N) is 4. The summed E-state index contributed by atoms with van der Waals surface area (Å²) >= 11 is 0. The molecule has 9 nitrogen and oxygen atoms in total. The Morgan fingerprint density at radius 2 is 1.94 bits per heavy atom. The first-order valence-corrected chi connectivity index (χ1v) is 9.83. The quantitative estimate of drug-likeness (QED) is 0.399. The van der Waals surface area contributed by atoms with E-state index in [0.717, 1.165) is 12.1 Å². The van der Waals surface area contributed by atoms with Crippen LogP contribution < -0.4 is 16.4 Å². The molecule has 0 saturated carbocycles. The van der Waals surface area contributed by atoms with Gasteiger partial charge < -0.3 is 10.3 Å². The molecule has 1 aliphatic heterocycles. The molecule has 10 heteroatoms. The third-order valence-corrected chi connectivity index (χ3v) is 5.44. The molecule has 4 N–H and O–H groups in total. The number of hydrogen-bond acceptors (Lipinski definition) is 7. The first-order chi connectivity index (χ1) is 15.0. The number of nitrogens with zero attached hydrogens (tertiary/aromatic N) is 4. The van der Waals surface area contributed by atoms with Crippen molar-refractivity contribution >= 4 is 16.5 Å². The maximum absolute atomic E-state index is 14.2. The zero-order valence-electron chi connectivity index (χ0n) is 17.0. The second-order valence-electron chi connectivity index (χ2n) is 7.89. The Balaban J connectivity index is 1.69. The Labute approximate surface area is 176 Å². The first-order valence-electron chi connectivity index (χ1n) is 9.83. The first kappa shape index (κ1) is 19.3. The van der Waals surface area contributed by atoms with Gasteiger partial charge in [-0.1, -0.05) is 24.3 Å². The molecular formula is C21H21FN8O. The Hall–Kier alpha value is -3.63. The fourth-order valence-corrected chi connectivity index (χ4v) is 4.13. The van der Waals surface area contributed by atoms with E-state index in [2.05, 4.69) is 53.3 Å². The van der Waals surface area contributed by atoms with Crippen molar-refractivity contribution in [3.8, 4) is 0 Å². The van der Waals surface area contributed by atoms with Gasteiger partial charge in [0.05, 0.1) is 28.7 Å². The predicted octanol–water partition coefficient (Wildman–Crippen LogP) is 2.05. The summed E-state index contributed by atoms with van der Waals surface area (Å²) in [5, 5.41) is 14.6. The molecule has 2 aromatic carbocycles. The van der Waals surface area contributed by atoms with Crippen LogP contribution in [0.25, 0.3) is 10.8 Å². The average Bonchev–Trinajstić information content (AvgIpc) is 3.21. The topological polar surface area (TPSA) is 115 Å². The molecule has 0 aliphatic carbocycles. The average molecular weight is 420 g/mol. The second kappa shape index (κ2) is 7.56. The van der Waals surface area contributed by atoms with Crippen molar-refractivity contribution in [2.75, 3.05) is 19.5 Å². The van der Waals surface area contributed by atoms with Crippen LogP contribution in [0.5, 0.6) is 0 Å². The zero-order chi connectivity index (χ0) is 21.5. The molecule has 31 heavy (non-hydrogen) atoms. The number of hydrogen-bond donors (Lipinski definition) is 4. The number of aromatic amines is 2. The van der Waals surface area contributed by atoms with E-state index in [1.165, 1.54) is 24.0 Å². The van der Waals surface area contributed by atoms with Gasteiger partial charge in [0.25, 0.3) is 5.56 Å². The van der Waals surface area contributed by atoms with Crippen molar-refractivity contribution in [1.82, 2.24) is 35.7 Å². The van der Waals surface area contributed by atoms with E-state index in [-0.39, 0.29) is 11.4 Å². The monoisotopic (exact) mass is 420 g/mol. The van der Waals surface area contributed by atoms with E-state index < -0.39 is 17.3 Å². The van der Waals surface area contributed by atoms with E-state index in [1.807, 2.05) is 26.2 Å². The summed E-state index contributed by atoms with van der Waals surface area (Å²) in [7, 11) is 4.04. The molecular weight excluding hydrogens is 399 g/mol. The lowest BCUT2D eigenvalue weighted by atomic mass is 9.87. The van der Waals surface area contributed by atoms with Crippen molar-refractivity contribution in [2.24, 2.45) is 0 Å². The van der Waals surface area contributed by atoms with Crippen molar-refractivity contribution < 1.29 is 4.39 Å². The molecule has 0 saturated heterocycles. The molecule has 0 amide bonds. The van der Waals surface area contributed by atoms with Gasteiger partial charge in [0, 0.05) is 11.9 Å². The minimum Gasteiger partial charge on any atom is -0.320 e. The predicted molar refractivity (Wildman–Crippen MR) is 114 cm³/mol. The number of H-pyrrole nitrogens is 2. The Morgan fingerprint density at radius 3 is 2.65 bits per heavy atom. The van der Waals surface area contributed by atoms with Crippen LogP contribution in [0.2, 0.25) is 0 Å². The van der Waals surface area contributed by atoms with E-state index in [4.69, 9.17) is 0 Å². The van der Waals surface area contributed by atoms with Crippen molar-refractivity contribution in [1.29, 1.82) is 0 Å². The summed E-state index contributed by atoms with van der Waals surface area (Å²) in [5.74, 6) is -0.349. The smallest absolute Gasteiger partial charge is 0.272 e. The van der Waals surface area contributed by atoms with Gasteiger partial charge >= 0.3 is 0 Å². The Bertz CT molecular complexity index is 1280. The van der Waals surface area contributed by atoms with Gasteiger partial charge in [-0.15, -0.1) is 0 Å². The third kappa shape index (κ3) is 3.45. The molecule has 2 aromatic heterocycles. The lowest BCUT2D eigenvalue weighted by Gasteiger charge is -2.25. The van der Waals surface area contributed by atoms with Gasteiger partial charge in [0.1, 0.15) is 18.0 Å². The highest BCUT2D eigenvalue weighted by Gasteiger charge is 2.35. The number of aromatic nitrogens is 5. The molecule has 5 rings (SSSR count). The standard InChI is InChI=1S/C21H21FN8O/c1-30(2)9-11-3-5-12(6-4-11)18-17(20-23-10-24-28-20)19-16-14(21(31)29-27-19)7-13(22)8-15(16)25-26-18/h3-8,10,17-18,25-26H,9H2,1-2H3,(H,29,31)(H,23,24,28). The number of rotatable bonds is 4. The van der Waals surface area contributed by atoms with Crippen molar-refractivity contribution in [3.05, 3.63) is 81.5 Å². The van der Waals surface area contributed by atoms with Gasteiger partial charge in [0.2, 0.25) is 0 Å². The summed E-state index contributed by atoms with van der Waals surface area (Å²) in [6.07, 6.45) is 1.43. The van der Waals surface area contributed by atoms with Gasteiger partial charge in [-0.25, -0.2) is 19.9 Å². The van der Waals surface area contributed by atoms with Crippen LogP contribution in [0.3, 0.4) is 0 Å². The lowest BCUT2D eigenvalue weighted by molar-refractivity contribution is 0.402. The van der Waals surface area contributed by atoms with E-state index >= 15 is 0 Å². The van der Waals surface area contributed by atoms with Gasteiger partial charge in [-0.05, 0) is 37.4 Å². The molecule has 4 aromatic rings. The zero-order valence-corrected chi connectivity index (χ0v) is 17.0. The molecule has 2 atom stereocenters. The molecule has 0 fully saturated rings. The van der Waals surface area contributed by atoms with Crippen LogP contribution in [0, 0.1) is 5.82 Å². The van der Waals surface area contributed by atoms with Crippen LogP contribution >= 0.6 is 0 Å². The van der Waals surface area contributed by atoms with Crippen LogP contribution in [0.1, 0.15) is 34.6 Å². The van der Waals surface area contributed by atoms with Crippen molar-refractivity contribution in [2.45, 2.75) is 18.5 Å². The number of anilines is 1. The van der Waals surface area contributed by atoms with Crippen LogP contribution in [-0.4, -0.2) is 44.4 Å². The van der Waals surface area contributed by atoms with Gasteiger partial charge in [0.15, 0.2) is 0 Å². The number of hydrazine groups is 1. The highest BCUT2D eigenvalue weighted by Crippen LogP contribution is 2.41. The SMILES string of the molecule is CN(C)Cc1ccc(C2NNc3cc(F)cc4c(=O)[nH]nc(c34)C2c2ncn[nH]2)cc1. The van der Waals surface area contributed by atoms with Gasteiger partial charge in [-0.2, -0.15) is 10.2 Å². The summed E-state index contributed by atoms with van der Waals surface area (Å²) in [6, 6.07) is 10.5. The summed E-state index contributed by atoms with van der Waals surface area (Å²) in [4.78, 5) is 18.9. The largest absolute Gasteiger partial charge is 0.320 e. The van der Waals surface area contributed by atoms with Gasteiger partial charge in [-0.3, -0.25) is 9.89 Å². The number of halogens is 1. The molecule has 0 spiro atoms. The minimum absolute atomic E-state index is 0.223. The van der Waals surface area contributed by atoms with E-state index in [0.29, 0.717) is 22.6 Å². The second-order valence-corrected chi connectivity index (χ2v) is 7.89. The molecule has 2 unspecified atom stereocenters. The van der Waals surface area contributed by atoms with Crippen molar-refractivity contribution in [3.63, 3.8) is 0 Å². The fourth-order valence-electron chi connectivity index (χ4n) is 4.13. The Morgan fingerprint density at radius 1 is 1.13 bits per heavy atom. The maximum Gasteiger partial charge on any atom is 0.272 e. The fraction of sp³-hybridized carbons (Fsp3) is 0.238. The Kier molecular flexibility index (Phi) is 4.72. The minimum atomic E-state index is -0.512. The molecule has 1 aliphatic rings. The lowest BCUT2D eigenvalue weighted by Crippen LogP contribution is -2.31. The van der Waals surface area contributed by atoms with Crippen LogP contribution in [-0.2, 0) is 6.54 Å². The van der Waals surface area contributed by atoms with E-state index in [9.17, 15) is 9.18 Å².